The first-order chi connectivity index (χ1) is 12.4. The van der Waals surface area contributed by atoms with E-state index < -0.39 is 5.60 Å². The van der Waals surface area contributed by atoms with E-state index in [4.69, 9.17) is 9.47 Å². The Kier molecular flexibility index (Phi) is 7.51. The maximum absolute atomic E-state index is 13.1. The third-order valence-corrected chi connectivity index (χ3v) is 5.29. The molecule has 1 fully saturated rings. The highest BCUT2D eigenvalue weighted by Gasteiger charge is 2.42. The predicted molar refractivity (Wildman–Crippen MR) is 107 cm³/mol. The average Bonchev–Trinajstić information content (AvgIpc) is 2.62. The summed E-state index contributed by atoms with van der Waals surface area (Å²) in [7, 11) is 0. The monoisotopic (exact) mass is 361 g/mol. The summed E-state index contributed by atoms with van der Waals surface area (Å²) < 4.78 is 12.0. The van der Waals surface area contributed by atoms with Gasteiger partial charge in [-0.1, -0.05) is 27.2 Å². The summed E-state index contributed by atoms with van der Waals surface area (Å²) in [6, 6.07) is 5.85. The van der Waals surface area contributed by atoms with Crippen LogP contribution in [0.5, 0.6) is 5.75 Å². The third kappa shape index (κ3) is 5.23. The molecule has 1 aliphatic carbocycles. The number of amides is 1. The van der Waals surface area contributed by atoms with Crippen molar-refractivity contribution in [2.75, 3.05) is 11.9 Å². The standard InChI is InChI=1S/C22H35NO3/c1-6-13-25-22(12-8-9-16(3)15-22)21(24)23-19-10-11-20(17(4)14-19)26-18(5)7-2/h10-11,14,16,18H,6-9,12-13,15H2,1-5H3,(H,23,24)/t16-,18-,22+/m1/s1. The van der Waals surface area contributed by atoms with Crippen LogP contribution in [0.2, 0.25) is 0 Å². The SMILES string of the molecule is CCCO[C@@]1(C(=O)Nc2ccc(O[C@H](C)CC)c(C)c2)CCC[C@@H](C)C1. The molecule has 4 nitrogen and oxygen atoms in total. The van der Waals surface area contributed by atoms with E-state index in [1.807, 2.05) is 25.1 Å². The second-order valence-electron chi connectivity index (χ2n) is 7.82. The molecule has 1 N–H and O–H groups in total. The van der Waals surface area contributed by atoms with Gasteiger partial charge in [-0.15, -0.1) is 0 Å². The fraction of sp³-hybridized carbons (Fsp3) is 0.682. The van der Waals surface area contributed by atoms with Crippen LogP contribution < -0.4 is 10.1 Å². The van der Waals surface area contributed by atoms with Gasteiger partial charge in [0.15, 0.2) is 0 Å². The van der Waals surface area contributed by atoms with Crippen LogP contribution in [0.15, 0.2) is 18.2 Å². The van der Waals surface area contributed by atoms with E-state index in [1.165, 1.54) is 6.42 Å². The number of hydrogen-bond donors (Lipinski definition) is 1. The molecule has 4 heteroatoms. The Morgan fingerprint density at radius 1 is 1.38 bits per heavy atom. The molecule has 1 saturated carbocycles. The topological polar surface area (TPSA) is 47.6 Å². The maximum Gasteiger partial charge on any atom is 0.256 e. The summed E-state index contributed by atoms with van der Waals surface area (Å²) in [5, 5.41) is 3.10. The number of anilines is 1. The van der Waals surface area contributed by atoms with Crippen molar-refractivity contribution in [3.8, 4) is 5.75 Å². The van der Waals surface area contributed by atoms with E-state index in [-0.39, 0.29) is 12.0 Å². The van der Waals surface area contributed by atoms with Gasteiger partial charge in [0.2, 0.25) is 0 Å². The van der Waals surface area contributed by atoms with Gasteiger partial charge in [0, 0.05) is 12.3 Å². The Bertz CT molecular complexity index is 601. The number of aryl methyl sites for hydroxylation is 1. The van der Waals surface area contributed by atoms with Crippen LogP contribution in [0.1, 0.15) is 71.8 Å². The lowest BCUT2D eigenvalue weighted by Crippen LogP contribution is -2.48. The quantitative estimate of drug-likeness (QED) is 0.666. The largest absolute Gasteiger partial charge is 0.490 e. The van der Waals surface area contributed by atoms with Gasteiger partial charge in [-0.25, -0.2) is 0 Å². The molecular weight excluding hydrogens is 326 g/mol. The van der Waals surface area contributed by atoms with E-state index in [2.05, 4.69) is 33.0 Å². The van der Waals surface area contributed by atoms with Crippen LogP contribution in [0.4, 0.5) is 5.69 Å². The third-order valence-electron chi connectivity index (χ3n) is 5.29. The van der Waals surface area contributed by atoms with Crippen molar-refractivity contribution in [1.29, 1.82) is 0 Å². The van der Waals surface area contributed by atoms with Gasteiger partial charge in [-0.3, -0.25) is 4.79 Å². The Hall–Kier alpha value is -1.55. The first-order valence-electron chi connectivity index (χ1n) is 10.1. The molecule has 26 heavy (non-hydrogen) atoms. The minimum atomic E-state index is -0.687. The minimum absolute atomic E-state index is 0.00695. The Balaban J connectivity index is 2.12. The molecule has 0 heterocycles. The van der Waals surface area contributed by atoms with Crippen molar-refractivity contribution < 1.29 is 14.3 Å². The highest BCUT2D eigenvalue weighted by molar-refractivity contribution is 5.97. The summed E-state index contributed by atoms with van der Waals surface area (Å²) in [5.41, 5.74) is 1.15. The number of hydrogen-bond acceptors (Lipinski definition) is 3. The molecule has 0 bridgehead atoms. The van der Waals surface area contributed by atoms with Gasteiger partial charge in [0.1, 0.15) is 11.4 Å². The summed E-state index contributed by atoms with van der Waals surface area (Å²) in [6.07, 6.45) is 5.88. The zero-order valence-corrected chi connectivity index (χ0v) is 17.1. The molecule has 146 valence electrons. The number of rotatable bonds is 8. The van der Waals surface area contributed by atoms with Gasteiger partial charge >= 0.3 is 0 Å². The van der Waals surface area contributed by atoms with Crippen molar-refractivity contribution in [3.63, 3.8) is 0 Å². The Labute approximate surface area is 158 Å². The van der Waals surface area contributed by atoms with Gasteiger partial charge in [0.05, 0.1) is 6.10 Å². The molecule has 0 radical (unpaired) electrons. The van der Waals surface area contributed by atoms with Gasteiger partial charge < -0.3 is 14.8 Å². The number of nitrogens with one attached hydrogen (secondary N) is 1. The van der Waals surface area contributed by atoms with Gasteiger partial charge in [-0.2, -0.15) is 0 Å². The number of carbonyl (C=O) groups excluding carboxylic acids is 1. The van der Waals surface area contributed by atoms with E-state index in [0.29, 0.717) is 12.5 Å². The molecule has 0 unspecified atom stereocenters. The summed E-state index contributed by atoms with van der Waals surface area (Å²) >= 11 is 0. The zero-order valence-electron chi connectivity index (χ0n) is 17.1. The molecular formula is C22H35NO3. The highest BCUT2D eigenvalue weighted by Crippen LogP contribution is 2.36. The van der Waals surface area contributed by atoms with Crippen molar-refractivity contribution in [2.24, 2.45) is 5.92 Å². The molecule has 0 aliphatic heterocycles. The first kappa shape index (κ1) is 20.8. The molecule has 1 aromatic carbocycles. The second-order valence-corrected chi connectivity index (χ2v) is 7.82. The van der Waals surface area contributed by atoms with Crippen LogP contribution in [0.25, 0.3) is 0 Å². The molecule has 1 amide bonds. The van der Waals surface area contributed by atoms with Crippen LogP contribution >= 0.6 is 0 Å². The van der Waals surface area contributed by atoms with Gasteiger partial charge in [-0.05, 0) is 75.6 Å². The van der Waals surface area contributed by atoms with Crippen LogP contribution in [-0.4, -0.2) is 24.2 Å². The van der Waals surface area contributed by atoms with Crippen molar-refractivity contribution >= 4 is 11.6 Å². The molecule has 3 atom stereocenters. The van der Waals surface area contributed by atoms with Crippen molar-refractivity contribution in [3.05, 3.63) is 23.8 Å². The smallest absolute Gasteiger partial charge is 0.256 e. The first-order valence-corrected chi connectivity index (χ1v) is 10.1. The van der Waals surface area contributed by atoms with E-state index in [1.54, 1.807) is 0 Å². The van der Waals surface area contributed by atoms with Crippen LogP contribution in [0, 0.1) is 12.8 Å². The second kappa shape index (κ2) is 9.40. The van der Waals surface area contributed by atoms with E-state index in [9.17, 15) is 4.79 Å². The molecule has 1 aliphatic rings. The van der Waals surface area contributed by atoms with Crippen LogP contribution in [-0.2, 0) is 9.53 Å². The fourth-order valence-electron chi connectivity index (χ4n) is 3.61. The van der Waals surface area contributed by atoms with Gasteiger partial charge in [0.25, 0.3) is 5.91 Å². The lowest BCUT2D eigenvalue weighted by Gasteiger charge is -2.38. The maximum atomic E-state index is 13.1. The molecule has 0 aromatic heterocycles. The number of carbonyl (C=O) groups is 1. The predicted octanol–water partition coefficient (Wildman–Crippen LogP) is 5.49. The van der Waals surface area contributed by atoms with E-state index in [0.717, 1.165) is 49.1 Å². The van der Waals surface area contributed by atoms with Crippen LogP contribution in [0.3, 0.4) is 0 Å². The lowest BCUT2D eigenvalue weighted by molar-refractivity contribution is -0.148. The lowest BCUT2D eigenvalue weighted by atomic mass is 9.78. The zero-order chi connectivity index (χ0) is 19.2. The molecule has 0 spiro atoms. The number of benzene rings is 1. The highest BCUT2D eigenvalue weighted by atomic mass is 16.5. The number of ether oxygens (including phenoxy) is 2. The summed E-state index contributed by atoms with van der Waals surface area (Å²) in [6.45, 7) is 11.1. The van der Waals surface area contributed by atoms with Crippen molar-refractivity contribution in [2.45, 2.75) is 84.8 Å². The minimum Gasteiger partial charge on any atom is -0.490 e. The molecule has 0 saturated heterocycles. The Morgan fingerprint density at radius 2 is 2.15 bits per heavy atom. The fourth-order valence-corrected chi connectivity index (χ4v) is 3.61. The average molecular weight is 362 g/mol. The summed E-state index contributed by atoms with van der Waals surface area (Å²) in [4.78, 5) is 13.1. The molecule has 1 aromatic rings. The Morgan fingerprint density at radius 3 is 2.77 bits per heavy atom. The summed E-state index contributed by atoms with van der Waals surface area (Å²) in [5.74, 6) is 1.38. The van der Waals surface area contributed by atoms with E-state index >= 15 is 0 Å². The van der Waals surface area contributed by atoms with Crippen molar-refractivity contribution in [1.82, 2.24) is 0 Å². The molecule has 2 rings (SSSR count). The normalized spacial score (nSPS) is 24.1.